The van der Waals surface area contributed by atoms with Crippen molar-refractivity contribution in [3.63, 3.8) is 0 Å². The van der Waals surface area contributed by atoms with Gasteiger partial charge in [-0.05, 0) is 27.7 Å². The number of rotatable bonds is 2. The van der Waals surface area contributed by atoms with Gasteiger partial charge in [0.1, 0.15) is 6.19 Å². The van der Waals surface area contributed by atoms with Crippen LogP contribution in [0, 0.1) is 0 Å². The standard InChI is InChI=1S/C10H19BO2/c1-7(2)11-8-12-9(3,4)10(5,6)13-8/h8,11H,1H2,2-6H3. The molecule has 0 radical (unpaired) electrons. The Balaban J connectivity index is 2.65. The highest BCUT2D eigenvalue weighted by Crippen LogP contribution is 2.37. The van der Waals surface area contributed by atoms with Crippen molar-refractivity contribution in [2.75, 3.05) is 0 Å². The summed E-state index contributed by atoms with van der Waals surface area (Å²) >= 11 is 0. The quantitative estimate of drug-likeness (QED) is 0.606. The third-order valence-electron chi connectivity index (χ3n) is 2.82. The van der Waals surface area contributed by atoms with Crippen molar-refractivity contribution >= 4 is 7.28 Å². The van der Waals surface area contributed by atoms with Crippen LogP contribution >= 0.6 is 0 Å². The van der Waals surface area contributed by atoms with E-state index in [1.165, 1.54) is 0 Å². The van der Waals surface area contributed by atoms with Crippen molar-refractivity contribution in [2.24, 2.45) is 0 Å². The average molecular weight is 182 g/mol. The van der Waals surface area contributed by atoms with Gasteiger partial charge in [-0.2, -0.15) is 0 Å². The summed E-state index contributed by atoms with van der Waals surface area (Å²) in [6.07, 6.45) is -0.123. The number of allylic oxidation sites excluding steroid dienone is 1. The van der Waals surface area contributed by atoms with Gasteiger partial charge in [-0.15, -0.1) is 12.1 Å². The molecular formula is C10H19BO2. The van der Waals surface area contributed by atoms with E-state index in [0.29, 0.717) is 0 Å². The molecule has 1 fully saturated rings. The summed E-state index contributed by atoms with van der Waals surface area (Å²) in [5, 5.41) is 0. The Hall–Kier alpha value is -0.275. The number of hydrogen-bond donors (Lipinski definition) is 0. The predicted octanol–water partition coefficient (Wildman–Crippen LogP) is 1.84. The van der Waals surface area contributed by atoms with E-state index < -0.39 is 0 Å². The largest absolute Gasteiger partial charge is 0.352 e. The molecule has 0 unspecified atom stereocenters. The molecule has 13 heavy (non-hydrogen) atoms. The molecule has 2 nitrogen and oxygen atoms in total. The van der Waals surface area contributed by atoms with Crippen molar-refractivity contribution in [3.05, 3.63) is 12.1 Å². The fourth-order valence-corrected chi connectivity index (χ4v) is 1.33. The molecule has 1 heterocycles. The van der Waals surface area contributed by atoms with Crippen LogP contribution in [0.2, 0.25) is 0 Å². The Morgan fingerprint density at radius 3 is 1.85 bits per heavy atom. The number of hydrogen-bond acceptors (Lipinski definition) is 2. The molecule has 0 amide bonds. The first kappa shape index (κ1) is 10.8. The Bertz CT molecular complexity index is 205. The molecule has 0 aliphatic carbocycles. The minimum Gasteiger partial charge on any atom is -0.352 e. The van der Waals surface area contributed by atoms with Crippen molar-refractivity contribution in [1.82, 2.24) is 0 Å². The van der Waals surface area contributed by atoms with Crippen LogP contribution in [0.3, 0.4) is 0 Å². The molecule has 0 N–H and O–H groups in total. The van der Waals surface area contributed by atoms with Gasteiger partial charge in [0.25, 0.3) is 0 Å². The van der Waals surface area contributed by atoms with Gasteiger partial charge in [0.2, 0.25) is 7.28 Å². The zero-order chi connectivity index (χ0) is 10.3. The van der Waals surface area contributed by atoms with Gasteiger partial charge in [0.15, 0.2) is 0 Å². The first-order chi connectivity index (χ1) is 5.74. The second kappa shape index (κ2) is 3.14. The summed E-state index contributed by atoms with van der Waals surface area (Å²) in [4.78, 5) is 0. The lowest BCUT2D eigenvalue weighted by Gasteiger charge is -2.30. The van der Waals surface area contributed by atoms with Gasteiger partial charge >= 0.3 is 0 Å². The van der Waals surface area contributed by atoms with Gasteiger partial charge in [-0.1, -0.05) is 6.92 Å². The molecule has 1 aliphatic rings. The second-order valence-corrected chi connectivity index (χ2v) is 4.85. The van der Waals surface area contributed by atoms with E-state index >= 15 is 0 Å². The summed E-state index contributed by atoms with van der Waals surface area (Å²) in [6.45, 7) is 14.1. The first-order valence-corrected chi connectivity index (χ1v) is 4.75. The molecule has 0 atom stereocenters. The molecule has 0 spiro atoms. The van der Waals surface area contributed by atoms with Crippen LogP contribution < -0.4 is 0 Å². The monoisotopic (exact) mass is 182 g/mol. The van der Waals surface area contributed by atoms with E-state index in [1.54, 1.807) is 0 Å². The van der Waals surface area contributed by atoms with Gasteiger partial charge < -0.3 is 9.47 Å². The molecule has 1 rings (SSSR count). The molecule has 74 valence electrons. The van der Waals surface area contributed by atoms with E-state index in [1.807, 2.05) is 6.92 Å². The van der Waals surface area contributed by atoms with Crippen LogP contribution in [0.15, 0.2) is 12.1 Å². The van der Waals surface area contributed by atoms with E-state index in [-0.39, 0.29) is 17.4 Å². The van der Waals surface area contributed by atoms with E-state index in [2.05, 4.69) is 34.3 Å². The normalized spacial score (nSPS) is 25.9. The maximum absolute atomic E-state index is 5.79. The van der Waals surface area contributed by atoms with Crippen molar-refractivity contribution in [1.29, 1.82) is 0 Å². The highest BCUT2D eigenvalue weighted by molar-refractivity contribution is 6.45. The molecule has 1 aliphatic heterocycles. The van der Waals surface area contributed by atoms with Crippen LogP contribution in [0.25, 0.3) is 0 Å². The fourth-order valence-electron chi connectivity index (χ4n) is 1.33. The summed E-state index contributed by atoms with van der Waals surface area (Å²) < 4.78 is 11.6. The lowest BCUT2D eigenvalue weighted by atomic mass is 9.70. The maximum Gasteiger partial charge on any atom is 0.221 e. The van der Waals surface area contributed by atoms with Crippen LogP contribution in [0.4, 0.5) is 0 Å². The van der Waals surface area contributed by atoms with Crippen LogP contribution in [-0.4, -0.2) is 24.7 Å². The zero-order valence-electron chi connectivity index (χ0n) is 9.31. The van der Waals surface area contributed by atoms with E-state index in [4.69, 9.17) is 9.47 Å². The smallest absolute Gasteiger partial charge is 0.221 e. The highest BCUT2D eigenvalue weighted by Gasteiger charge is 2.48. The van der Waals surface area contributed by atoms with Crippen molar-refractivity contribution < 1.29 is 9.47 Å². The second-order valence-electron chi connectivity index (χ2n) is 4.85. The van der Waals surface area contributed by atoms with E-state index in [9.17, 15) is 0 Å². The summed E-state index contributed by atoms with van der Waals surface area (Å²) in [5.74, 6) is 0. The molecular weight excluding hydrogens is 163 g/mol. The SMILES string of the molecule is C=C(C)BC1OC(C)(C)C(C)(C)O1. The molecule has 0 aromatic carbocycles. The summed E-state index contributed by atoms with van der Waals surface area (Å²) in [6, 6.07) is 0. The minimum atomic E-state index is -0.215. The molecule has 0 bridgehead atoms. The topological polar surface area (TPSA) is 18.5 Å². The lowest BCUT2D eigenvalue weighted by molar-refractivity contribution is -0.0271. The Morgan fingerprint density at radius 1 is 1.15 bits per heavy atom. The van der Waals surface area contributed by atoms with Crippen molar-refractivity contribution in [2.45, 2.75) is 52.0 Å². The molecule has 1 saturated heterocycles. The Labute approximate surface area is 81.5 Å². The molecule has 0 aromatic rings. The molecule has 0 aromatic heterocycles. The fraction of sp³-hybridized carbons (Fsp3) is 0.800. The minimum absolute atomic E-state index is 0.123. The van der Waals surface area contributed by atoms with Crippen LogP contribution in [0.1, 0.15) is 34.6 Å². The van der Waals surface area contributed by atoms with Crippen LogP contribution in [-0.2, 0) is 9.47 Å². The summed E-state index contributed by atoms with van der Waals surface area (Å²) in [5.41, 5.74) is 0.666. The van der Waals surface area contributed by atoms with Gasteiger partial charge in [-0.3, -0.25) is 0 Å². The Kier molecular flexibility index (Phi) is 2.61. The third kappa shape index (κ3) is 2.15. The van der Waals surface area contributed by atoms with Crippen LogP contribution in [0.5, 0.6) is 0 Å². The third-order valence-corrected chi connectivity index (χ3v) is 2.82. The molecule has 3 heteroatoms. The van der Waals surface area contributed by atoms with Crippen molar-refractivity contribution in [3.8, 4) is 0 Å². The maximum atomic E-state index is 5.79. The average Bonchev–Trinajstić information content (AvgIpc) is 1.98. The van der Waals surface area contributed by atoms with E-state index in [0.717, 1.165) is 12.8 Å². The Morgan fingerprint density at radius 2 is 1.54 bits per heavy atom. The first-order valence-electron chi connectivity index (χ1n) is 4.75. The zero-order valence-corrected chi connectivity index (χ0v) is 9.31. The predicted molar refractivity (Wildman–Crippen MR) is 56.1 cm³/mol. The summed E-state index contributed by atoms with van der Waals surface area (Å²) in [7, 11) is 0.785. The van der Waals surface area contributed by atoms with Gasteiger partial charge in [0, 0.05) is 0 Å². The highest BCUT2D eigenvalue weighted by atomic mass is 16.7. The number of ether oxygens (including phenoxy) is 2. The van der Waals surface area contributed by atoms with Gasteiger partial charge in [-0.25, -0.2) is 0 Å². The molecule has 0 saturated carbocycles. The van der Waals surface area contributed by atoms with Gasteiger partial charge in [0.05, 0.1) is 11.2 Å². The lowest BCUT2D eigenvalue weighted by Crippen LogP contribution is -2.41.